The number of benzene rings is 2. The standard InChI is InChI=1S/C19H24N2O3/c1-2-24-18-6-4-3-5-17(18)13-21-19(23)20-12-11-15-7-9-16(14-22)10-8-15/h3-10,22H,2,11-14H2,1H3,(H2,20,21,23). The highest BCUT2D eigenvalue weighted by molar-refractivity contribution is 5.73. The zero-order valence-corrected chi connectivity index (χ0v) is 13.9. The van der Waals surface area contributed by atoms with Crippen molar-refractivity contribution >= 4 is 6.03 Å². The van der Waals surface area contributed by atoms with Crippen molar-refractivity contribution in [3.63, 3.8) is 0 Å². The average molecular weight is 328 g/mol. The molecule has 2 amide bonds. The Labute approximate surface area is 142 Å². The van der Waals surface area contributed by atoms with Gasteiger partial charge in [-0.25, -0.2) is 4.79 Å². The summed E-state index contributed by atoms with van der Waals surface area (Å²) >= 11 is 0. The van der Waals surface area contributed by atoms with E-state index in [4.69, 9.17) is 9.84 Å². The van der Waals surface area contributed by atoms with Crippen LogP contribution >= 0.6 is 0 Å². The minimum Gasteiger partial charge on any atom is -0.494 e. The molecule has 0 aliphatic heterocycles. The molecule has 0 spiro atoms. The van der Waals surface area contributed by atoms with Gasteiger partial charge in [0, 0.05) is 18.7 Å². The number of amides is 2. The first-order valence-corrected chi connectivity index (χ1v) is 8.14. The van der Waals surface area contributed by atoms with Gasteiger partial charge in [-0.2, -0.15) is 0 Å². The number of aliphatic hydroxyl groups is 1. The summed E-state index contributed by atoms with van der Waals surface area (Å²) in [7, 11) is 0. The summed E-state index contributed by atoms with van der Waals surface area (Å²) < 4.78 is 5.54. The highest BCUT2D eigenvalue weighted by atomic mass is 16.5. The fourth-order valence-electron chi connectivity index (χ4n) is 2.32. The molecule has 128 valence electrons. The van der Waals surface area contributed by atoms with E-state index in [1.165, 1.54) is 0 Å². The molecule has 0 saturated heterocycles. The molecule has 0 heterocycles. The van der Waals surface area contributed by atoms with Gasteiger partial charge in [-0.05, 0) is 30.5 Å². The monoisotopic (exact) mass is 328 g/mol. The van der Waals surface area contributed by atoms with E-state index < -0.39 is 0 Å². The van der Waals surface area contributed by atoms with Gasteiger partial charge in [-0.15, -0.1) is 0 Å². The van der Waals surface area contributed by atoms with Gasteiger partial charge in [-0.3, -0.25) is 0 Å². The number of rotatable bonds is 8. The Morgan fingerprint density at radius 1 is 1.04 bits per heavy atom. The quantitative estimate of drug-likeness (QED) is 0.697. The Morgan fingerprint density at radius 2 is 1.75 bits per heavy atom. The number of hydrogen-bond acceptors (Lipinski definition) is 3. The minimum atomic E-state index is -0.201. The smallest absolute Gasteiger partial charge is 0.315 e. The second kappa shape index (κ2) is 9.57. The lowest BCUT2D eigenvalue weighted by atomic mass is 10.1. The fraction of sp³-hybridized carbons (Fsp3) is 0.316. The van der Waals surface area contributed by atoms with Gasteiger partial charge in [0.25, 0.3) is 0 Å². The van der Waals surface area contributed by atoms with Crippen molar-refractivity contribution in [2.45, 2.75) is 26.5 Å². The highest BCUT2D eigenvalue weighted by Gasteiger charge is 2.05. The van der Waals surface area contributed by atoms with Gasteiger partial charge in [-0.1, -0.05) is 42.5 Å². The molecule has 0 bridgehead atoms. The van der Waals surface area contributed by atoms with Crippen LogP contribution in [0.2, 0.25) is 0 Å². The van der Waals surface area contributed by atoms with E-state index in [1.54, 1.807) is 0 Å². The van der Waals surface area contributed by atoms with Crippen molar-refractivity contribution in [1.29, 1.82) is 0 Å². The molecule has 3 N–H and O–H groups in total. The summed E-state index contributed by atoms with van der Waals surface area (Å²) in [6.07, 6.45) is 0.745. The van der Waals surface area contributed by atoms with E-state index in [0.29, 0.717) is 19.7 Å². The van der Waals surface area contributed by atoms with Gasteiger partial charge in [0.15, 0.2) is 0 Å². The topological polar surface area (TPSA) is 70.6 Å². The lowest BCUT2D eigenvalue weighted by molar-refractivity contribution is 0.240. The van der Waals surface area contributed by atoms with Crippen molar-refractivity contribution in [1.82, 2.24) is 10.6 Å². The number of para-hydroxylation sites is 1. The lowest BCUT2D eigenvalue weighted by Crippen LogP contribution is -2.36. The van der Waals surface area contributed by atoms with E-state index in [-0.39, 0.29) is 12.6 Å². The van der Waals surface area contributed by atoms with Crippen LogP contribution in [0.25, 0.3) is 0 Å². The van der Waals surface area contributed by atoms with Crippen LogP contribution in [-0.4, -0.2) is 24.3 Å². The predicted octanol–water partition coefficient (Wildman–Crippen LogP) is 2.62. The van der Waals surface area contributed by atoms with Crippen molar-refractivity contribution in [3.8, 4) is 5.75 Å². The van der Waals surface area contributed by atoms with E-state index in [9.17, 15) is 4.79 Å². The molecule has 0 aliphatic carbocycles. The molecule has 0 aromatic heterocycles. The molecular formula is C19H24N2O3. The number of ether oxygens (including phenoxy) is 1. The molecule has 0 fully saturated rings. The van der Waals surface area contributed by atoms with Gasteiger partial charge >= 0.3 is 6.03 Å². The molecule has 0 unspecified atom stereocenters. The zero-order chi connectivity index (χ0) is 17.2. The van der Waals surface area contributed by atoms with Crippen LogP contribution in [0, 0.1) is 0 Å². The van der Waals surface area contributed by atoms with Gasteiger partial charge < -0.3 is 20.5 Å². The molecule has 0 saturated carbocycles. The van der Waals surface area contributed by atoms with Gasteiger partial charge in [0.2, 0.25) is 0 Å². The Hall–Kier alpha value is -2.53. The molecule has 5 heteroatoms. The third kappa shape index (κ3) is 5.59. The van der Waals surface area contributed by atoms with Gasteiger partial charge in [0.05, 0.1) is 13.2 Å². The minimum absolute atomic E-state index is 0.0458. The Kier molecular flexibility index (Phi) is 7.11. The molecule has 2 aromatic rings. The fourth-order valence-corrected chi connectivity index (χ4v) is 2.32. The Bertz CT molecular complexity index is 641. The third-order valence-electron chi connectivity index (χ3n) is 3.62. The van der Waals surface area contributed by atoms with Crippen LogP contribution < -0.4 is 15.4 Å². The molecule has 2 rings (SSSR count). The summed E-state index contributed by atoms with van der Waals surface area (Å²) in [5.74, 6) is 0.796. The average Bonchev–Trinajstić information content (AvgIpc) is 2.62. The van der Waals surface area contributed by atoms with Crippen molar-refractivity contribution in [2.75, 3.05) is 13.2 Å². The van der Waals surface area contributed by atoms with Crippen LogP contribution in [0.3, 0.4) is 0 Å². The van der Waals surface area contributed by atoms with Crippen LogP contribution in [-0.2, 0) is 19.6 Å². The van der Waals surface area contributed by atoms with Crippen LogP contribution in [0.5, 0.6) is 5.75 Å². The van der Waals surface area contributed by atoms with E-state index in [0.717, 1.165) is 28.9 Å². The first-order valence-electron chi connectivity index (χ1n) is 8.14. The van der Waals surface area contributed by atoms with E-state index in [2.05, 4.69) is 10.6 Å². The van der Waals surface area contributed by atoms with Crippen molar-refractivity contribution in [3.05, 3.63) is 65.2 Å². The third-order valence-corrected chi connectivity index (χ3v) is 3.62. The maximum atomic E-state index is 11.9. The number of urea groups is 1. The number of nitrogens with one attached hydrogen (secondary N) is 2. The SMILES string of the molecule is CCOc1ccccc1CNC(=O)NCCc1ccc(CO)cc1. The first kappa shape index (κ1) is 17.8. The largest absolute Gasteiger partial charge is 0.494 e. The predicted molar refractivity (Wildman–Crippen MR) is 93.9 cm³/mol. The maximum Gasteiger partial charge on any atom is 0.315 e. The number of hydrogen-bond donors (Lipinski definition) is 3. The zero-order valence-electron chi connectivity index (χ0n) is 13.9. The summed E-state index contributed by atoms with van der Waals surface area (Å²) in [5, 5.41) is 14.7. The molecule has 0 radical (unpaired) electrons. The Balaban J connectivity index is 1.73. The first-order chi connectivity index (χ1) is 11.7. The molecule has 0 atom stereocenters. The molecule has 0 aliphatic rings. The van der Waals surface area contributed by atoms with E-state index >= 15 is 0 Å². The lowest BCUT2D eigenvalue weighted by Gasteiger charge is -2.11. The summed E-state index contributed by atoms with van der Waals surface area (Å²) in [5.41, 5.74) is 2.96. The molecule has 5 nitrogen and oxygen atoms in total. The summed E-state index contributed by atoms with van der Waals surface area (Å²) in [6, 6.07) is 15.2. The van der Waals surface area contributed by atoms with Crippen molar-refractivity contribution in [2.24, 2.45) is 0 Å². The summed E-state index contributed by atoms with van der Waals surface area (Å²) in [4.78, 5) is 11.9. The van der Waals surface area contributed by atoms with Crippen LogP contribution in [0.1, 0.15) is 23.6 Å². The van der Waals surface area contributed by atoms with Crippen LogP contribution in [0.4, 0.5) is 4.79 Å². The molecule has 24 heavy (non-hydrogen) atoms. The van der Waals surface area contributed by atoms with E-state index in [1.807, 2.05) is 55.5 Å². The van der Waals surface area contributed by atoms with Crippen molar-refractivity contribution < 1.29 is 14.6 Å². The second-order valence-corrected chi connectivity index (χ2v) is 5.37. The maximum absolute atomic E-state index is 11.9. The normalized spacial score (nSPS) is 10.2. The second-order valence-electron chi connectivity index (χ2n) is 5.37. The summed E-state index contributed by atoms with van der Waals surface area (Å²) in [6.45, 7) is 3.55. The highest BCUT2D eigenvalue weighted by Crippen LogP contribution is 2.17. The molecular weight excluding hydrogens is 304 g/mol. The van der Waals surface area contributed by atoms with Crippen LogP contribution in [0.15, 0.2) is 48.5 Å². The number of carbonyl (C=O) groups excluding carboxylic acids is 1. The number of aliphatic hydroxyl groups excluding tert-OH is 1. The number of carbonyl (C=O) groups is 1. The van der Waals surface area contributed by atoms with Gasteiger partial charge in [0.1, 0.15) is 5.75 Å². The Morgan fingerprint density at radius 3 is 2.46 bits per heavy atom. The molecule has 2 aromatic carbocycles.